The van der Waals surface area contributed by atoms with Crippen LogP contribution in [0.1, 0.15) is 29.3 Å². The molecule has 0 atom stereocenters. The van der Waals surface area contributed by atoms with Crippen LogP contribution < -0.4 is 20.1 Å². The van der Waals surface area contributed by atoms with Crippen molar-refractivity contribution in [2.24, 2.45) is 0 Å². The monoisotopic (exact) mass is 368 g/mol. The molecule has 0 spiro atoms. The van der Waals surface area contributed by atoms with Crippen LogP contribution >= 0.6 is 0 Å². The second kappa shape index (κ2) is 7.41. The largest absolute Gasteiger partial charge is 0.493 e. The summed E-state index contributed by atoms with van der Waals surface area (Å²) >= 11 is 0. The number of carbonyl (C=O) groups is 2. The number of carboxylic acid groups (broad SMARTS) is 1. The lowest BCUT2D eigenvalue weighted by Crippen LogP contribution is -2.10. The molecule has 2 aromatic rings. The summed E-state index contributed by atoms with van der Waals surface area (Å²) in [5.74, 6) is -0.132. The average Bonchev–Trinajstić information content (AvgIpc) is 2.99. The number of benzene rings is 2. The number of carbonyl (C=O) groups excluding carboxylic acids is 1. The Balaban J connectivity index is 2.02. The van der Waals surface area contributed by atoms with Gasteiger partial charge in [0.15, 0.2) is 11.5 Å². The first-order valence-electron chi connectivity index (χ1n) is 8.39. The quantitative estimate of drug-likeness (QED) is 0.674. The molecule has 0 aromatic heterocycles. The summed E-state index contributed by atoms with van der Waals surface area (Å²) in [6.07, 6.45) is 0.581. The molecule has 1 aliphatic heterocycles. The van der Waals surface area contributed by atoms with Crippen LogP contribution in [0.2, 0.25) is 0 Å². The Labute approximate surface area is 156 Å². The first-order chi connectivity index (χ1) is 13.0. The van der Waals surface area contributed by atoms with Gasteiger partial charge in [0, 0.05) is 23.0 Å². The molecule has 0 radical (unpaired) electrons. The molecule has 27 heavy (non-hydrogen) atoms. The maximum absolute atomic E-state index is 12.6. The standard InChI is InChI=1S/C20H20N2O5/c1-4-14(21-12-7-5-11(6-8-12)20(24)25)18-13-9-16(26-2)17(27-3)10-15(13)22-19(18)23/h5-10,21H,4H2,1-3H3,(H,22,23)(H,24,25). The van der Waals surface area contributed by atoms with Crippen molar-refractivity contribution >= 4 is 28.8 Å². The number of ether oxygens (including phenoxy) is 2. The Morgan fingerprint density at radius 2 is 1.74 bits per heavy atom. The molecule has 7 nitrogen and oxygen atoms in total. The number of amides is 1. The fourth-order valence-electron chi connectivity index (χ4n) is 2.99. The number of anilines is 2. The van der Waals surface area contributed by atoms with E-state index in [1.54, 1.807) is 31.4 Å². The molecular weight excluding hydrogens is 348 g/mol. The van der Waals surface area contributed by atoms with E-state index in [2.05, 4.69) is 10.6 Å². The lowest BCUT2D eigenvalue weighted by molar-refractivity contribution is -0.110. The van der Waals surface area contributed by atoms with E-state index in [0.717, 1.165) is 11.3 Å². The minimum absolute atomic E-state index is 0.201. The first-order valence-corrected chi connectivity index (χ1v) is 8.39. The third kappa shape index (κ3) is 3.44. The van der Waals surface area contributed by atoms with E-state index in [-0.39, 0.29) is 11.5 Å². The Morgan fingerprint density at radius 1 is 1.11 bits per heavy atom. The molecule has 0 unspecified atom stereocenters. The van der Waals surface area contributed by atoms with Gasteiger partial charge in [0.05, 0.1) is 31.0 Å². The number of aromatic carboxylic acids is 1. The van der Waals surface area contributed by atoms with E-state index < -0.39 is 5.97 Å². The third-order valence-corrected chi connectivity index (χ3v) is 4.35. The molecule has 3 rings (SSSR count). The molecular formula is C20H20N2O5. The molecule has 3 N–H and O–H groups in total. The zero-order chi connectivity index (χ0) is 19.6. The highest BCUT2D eigenvalue weighted by Gasteiger charge is 2.29. The zero-order valence-electron chi connectivity index (χ0n) is 15.3. The zero-order valence-corrected chi connectivity index (χ0v) is 15.3. The normalized spacial score (nSPS) is 14.3. The molecule has 7 heteroatoms. The van der Waals surface area contributed by atoms with Crippen LogP contribution in [0.3, 0.4) is 0 Å². The van der Waals surface area contributed by atoms with E-state index in [1.807, 2.05) is 6.92 Å². The summed E-state index contributed by atoms with van der Waals surface area (Å²) < 4.78 is 10.6. The van der Waals surface area contributed by atoms with Crippen LogP contribution in [0, 0.1) is 0 Å². The molecule has 1 heterocycles. The fourth-order valence-corrected chi connectivity index (χ4v) is 2.99. The van der Waals surface area contributed by atoms with E-state index in [0.29, 0.717) is 34.9 Å². The highest BCUT2D eigenvalue weighted by atomic mass is 16.5. The number of carboxylic acids is 1. The van der Waals surface area contributed by atoms with Gasteiger partial charge < -0.3 is 25.2 Å². The van der Waals surface area contributed by atoms with Gasteiger partial charge in [-0.25, -0.2) is 4.79 Å². The van der Waals surface area contributed by atoms with Crippen molar-refractivity contribution in [2.75, 3.05) is 24.9 Å². The Kier molecular flexibility index (Phi) is 5.03. The van der Waals surface area contributed by atoms with Gasteiger partial charge >= 0.3 is 5.97 Å². The lowest BCUT2D eigenvalue weighted by Gasteiger charge is -2.14. The molecule has 2 aromatic carbocycles. The Bertz CT molecular complexity index is 932. The van der Waals surface area contributed by atoms with Crippen molar-refractivity contribution in [1.29, 1.82) is 0 Å². The summed E-state index contributed by atoms with van der Waals surface area (Å²) in [4.78, 5) is 23.6. The topological polar surface area (TPSA) is 96.9 Å². The number of nitrogens with one attached hydrogen (secondary N) is 2. The van der Waals surface area contributed by atoms with E-state index >= 15 is 0 Å². The minimum Gasteiger partial charge on any atom is -0.493 e. The van der Waals surface area contributed by atoms with Gasteiger partial charge in [-0.15, -0.1) is 0 Å². The second-order valence-electron chi connectivity index (χ2n) is 5.92. The van der Waals surface area contributed by atoms with Gasteiger partial charge in [-0.2, -0.15) is 0 Å². The summed E-state index contributed by atoms with van der Waals surface area (Å²) in [6, 6.07) is 9.86. The van der Waals surface area contributed by atoms with Gasteiger partial charge in [0.1, 0.15) is 0 Å². The third-order valence-electron chi connectivity index (χ3n) is 4.35. The van der Waals surface area contributed by atoms with Crippen LogP contribution in [0.25, 0.3) is 5.57 Å². The predicted molar refractivity (Wildman–Crippen MR) is 102 cm³/mol. The van der Waals surface area contributed by atoms with Gasteiger partial charge in [0.2, 0.25) is 0 Å². The molecule has 0 saturated carbocycles. The van der Waals surface area contributed by atoms with Crippen LogP contribution in [-0.4, -0.2) is 31.2 Å². The number of rotatable bonds is 6. The molecule has 1 amide bonds. The summed E-state index contributed by atoms with van der Waals surface area (Å²) in [5.41, 5.74) is 3.53. The van der Waals surface area contributed by atoms with Gasteiger partial charge in [-0.05, 0) is 36.8 Å². The van der Waals surface area contributed by atoms with Crippen LogP contribution in [0.4, 0.5) is 11.4 Å². The first kappa shape index (κ1) is 18.3. The highest BCUT2D eigenvalue weighted by molar-refractivity contribution is 6.32. The van der Waals surface area contributed by atoms with Crippen molar-refractivity contribution in [3.8, 4) is 11.5 Å². The van der Waals surface area contributed by atoms with Gasteiger partial charge in [0.25, 0.3) is 5.91 Å². The van der Waals surface area contributed by atoms with Crippen molar-refractivity contribution in [1.82, 2.24) is 0 Å². The number of allylic oxidation sites excluding steroid dienone is 1. The van der Waals surface area contributed by atoms with Crippen molar-refractivity contribution in [3.05, 3.63) is 53.2 Å². The molecule has 0 saturated heterocycles. The molecule has 1 aliphatic rings. The second-order valence-corrected chi connectivity index (χ2v) is 5.92. The summed E-state index contributed by atoms with van der Waals surface area (Å²) in [6.45, 7) is 1.94. The highest BCUT2D eigenvalue weighted by Crippen LogP contribution is 2.42. The SMILES string of the molecule is CCC(Nc1ccc(C(=O)O)cc1)=C1C(=O)Nc2cc(OC)c(OC)cc21. The maximum atomic E-state index is 12.6. The van der Waals surface area contributed by atoms with E-state index in [9.17, 15) is 9.59 Å². The van der Waals surface area contributed by atoms with Gasteiger partial charge in [-0.3, -0.25) is 4.79 Å². The lowest BCUT2D eigenvalue weighted by atomic mass is 10.0. The van der Waals surface area contributed by atoms with Gasteiger partial charge in [-0.1, -0.05) is 6.92 Å². The molecule has 0 aliphatic carbocycles. The average molecular weight is 368 g/mol. The Hall–Kier alpha value is -3.48. The number of hydrogen-bond acceptors (Lipinski definition) is 5. The summed E-state index contributed by atoms with van der Waals surface area (Å²) in [7, 11) is 3.08. The minimum atomic E-state index is -0.985. The Morgan fingerprint density at radius 3 is 2.30 bits per heavy atom. The maximum Gasteiger partial charge on any atom is 0.335 e. The number of hydrogen-bond donors (Lipinski definition) is 3. The number of methoxy groups -OCH3 is 2. The smallest absolute Gasteiger partial charge is 0.335 e. The molecule has 0 fully saturated rings. The van der Waals surface area contributed by atoms with Crippen LogP contribution in [0.5, 0.6) is 11.5 Å². The molecule has 0 bridgehead atoms. The van der Waals surface area contributed by atoms with Crippen molar-refractivity contribution in [3.63, 3.8) is 0 Å². The fraction of sp³-hybridized carbons (Fsp3) is 0.200. The van der Waals surface area contributed by atoms with Crippen LogP contribution in [0.15, 0.2) is 42.1 Å². The van der Waals surface area contributed by atoms with E-state index in [4.69, 9.17) is 14.6 Å². The molecule has 140 valence electrons. The van der Waals surface area contributed by atoms with E-state index in [1.165, 1.54) is 19.2 Å². The summed E-state index contributed by atoms with van der Waals surface area (Å²) in [5, 5.41) is 15.1. The predicted octanol–water partition coefficient (Wildman–Crippen LogP) is 3.59. The van der Waals surface area contributed by atoms with Crippen molar-refractivity contribution in [2.45, 2.75) is 13.3 Å². The number of fused-ring (bicyclic) bond motifs is 1. The van der Waals surface area contributed by atoms with Crippen molar-refractivity contribution < 1.29 is 24.2 Å². The van der Waals surface area contributed by atoms with Crippen LogP contribution in [-0.2, 0) is 4.79 Å².